The summed E-state index contributed by atoms with van der Waals surface area (Å²) < 4.78 is 1.20. The van der Waals surface area contributed by atoms with Crippen molar-refractivity contribution in [3.8, 4) is 0 Å². The summed E-state index contributed by atoms with van der Waals surface area (Å²) in [6, 6.07) is 15.5. The zero-order chi connectivity index (χ0) is 13.2. The molecule has 2 aromatic carbocycles. The molecule has 3 heteroatoms. The number of benzene rings is 2. The monoisotopic (exact) mass is 372 g/mol. The van der Waals surface area contributed by atoms with E-state index in [0.717, 1.165) is 11.1 Å². The van der Waals surface area contributed by atoms with Crippen LogP contribution in [-0.2, 0) is 12.0 Å². The van der Waals surface area contributed by atoms with Gasteiger partial charge < -0.3 is 5.11 Å². The van der Waals surface area contributed by atoms with E-state index in [0.29, 0.717) is 11.4 Å². The lowest BCUT2D eigenvalue weighted by Gasteiger charge is -2.24. The SMILES string of the molecule is CC(O)(Cc1ccc(I)cc1)c1ccc(Cl)cc1. The Hall–Kier alpha value is -0.580. The standard InChI is InChI=1S/C15H14ClIO/c1-15(18,12-4-6-13(16)7-5-12)10-11-2-8-14(17)9-3-11/h2-9,18H,10H2,1H3. The number of rotatable bonds is 3. The van der Waals surface area contributed by atoms with Gasteiger partial charge in [0.25, 0.3) is 0 Å². The lowest BCUT2D eigenvalue weighted by atomic mass is 9.89. The molecule has 2 aromatic rings. The van der Waals surface area contributed by atoms with Gasteiger partial charge in [-0.05, 0) is 64.9 Å². The molecule has 0 amide bonds. The molecule has 94 valence electrons. The van der Waals surface area contributed by atoms with E-state index in [2.05, 4.69) is 22.6 Å². The number of hydrogen-bond donors (Lipinski definition) is 1. The molecule has 0 bridgehead atoms. The van der Waals surface area contributed by atoms with Gasteiger partial charge in [-0.3, -0.25) is 0 Å². The topological polar surface area (TPSA) is 20.2 Å². The lowest BCUT2D eigenvalue weighted by molar-refractivity contribution is 0.0576. The highest BCUT2D eigenvalue weighted by Crippen LogP contribution is 2.26. The van der Waals surface area contributed by atoms with Gasteiger partial charge >= 0.3 is 0 Å². The first-order valence-corrected chi connectivity index (χ1v) is 7.16. The van der Waals surface area contributed by atoms with Crippen LogP contribution in [0.15, 0.2) is 48.5 Å². The van der Waals surface area contributed by atoms with Crippen LogP contribution in [0.2, 0.25) is 5.02 Å². The Morgan fingerprint density at radius 1 is 1.06 bits per heavy atom. The van der Waals surface area contributed by atoms with Gasteiger partial charge in [-0.2, -0.15) is 0 Å². The van der Waals surface area contributed by atoms with Gasteiger partial charge in [-0.1, -0.05) is 35.9 Å². The van der Waals surface area contributed by atoms with Crippen molar-refractivity contribution in [1.29, 1.82) is 0 Å². The van der Waals surface area contributed by atoms with Crippen molar-refractivity contribution < 1.29 is 5.11 Å². The van der Waals surface area contributed by atoms with E-state index >= 15 is 0 Å². The Bertz CT molecular complexity index is 517. The van der Waals surface area contributed by atoms with Gasteiger partial charge in [0, 0.05) is 15.0 Å². The molecule has 1 atom stereocenters. The molecule has 0 aromatic heterocycles. The van der Waals surface area contributed by atoms with Crippen molar-refractivity contribution >= 4 is 34.2 Å². The van der Waals surface area contributed by atoms with Crippen LogP contribution < -0.4 is 0 Å². The molecule has 0 spiro atoms. The minimum atomic E-state index is -0.878. The molecule has 0 saturated carbocycles. The van der Waals surface area contributed by atoms with Crippen LogP contribution in [0.3, 0.4) is 0 Å². The van der Waals surface area contributed by atoms with E-state index in [1.165, 1.54) is 3.57 Å². The minimum absolute atomic E-state index is 0.589. The van der Waals surface area contributed by atoms with Gasteiger partial charge in [0.1, 0.15) is 0 Å². The van der Waals surface area contributed by atoms with Crippen LogP contribution in [0, 0.1) is 3.57 Å². The largest absolute Gasteiger partial charge is 0.385 e. The molecular weight excluding hydrogens is 359 g/mol. The van der Waals surface area contributed by atoms with E-state index in [1.54, 1.807) is 12.1 Å². The summed E-state index contributed by atoms with van der Waals surface area (Å²) in [6.45, 7) is 1.83. The van der Waals surface area contributed by atoms with Crippen molar-refractivity contribution in [2.45, 2.75) is 18.9 Å². The van der Waals surface area contributed by atoms with E-state index in [-0.39, 0.29) is 0 Å². The van der Waals surface area contributed by atoms with Gasteiger partial charge in [-0.25, -0.2) is 0 Å². The molecule has 0 radical (unpaired) electrons. The molecule has 1 unspecified atom stereocenters. The highest BCUT2D eigenvalue weighted by atomic mass is 127. The van der Waals surface area contributed by atoms with E-state index < -0.39 is 5.60 Å². The van der Waals surface area contributed by atoms with Crippen LogP contribution in [-0.4, -0.2) is 5.11 Å². The van der Waals surface area contributed by atoms with E-state index in [9.17, 15) is 5.11 Å². The van der Waals surface area contributed by atoms with Gasteiger partial charge in [0.2, 0.25) is 0 Å². The maximum Gasteiger partial charge on any atom is 0.0908 e. The fraction of sp³-hybridized carbons (Fsp3) is 0.200. The summed E-state index contributed by atoms with van der Waals surface area (Å²) in [4.78, 5) is 0. The minimum Gasteiger partial charge on any atom is -0.385 e. The fourth-order valence-corrected chi connectivity index (χ4v) is 2.40. The van der Waals surface area contributed by atoms with Crippen LogP contribution in [0.1, 0.15) is 18.1 Å². The van der Waals surface area contributed by atoms with Crippen molar-refractivity contribution in [3.63, 3.8) is 0 Å². The van der Waals surface area contributed by atoms with Crippen molar-refractivity contribution in [3.05, 3.63) is 68.3 Å². The van der Waals surface area contributed by atoms with Gasteiger partial charge in [0.05, 0.1) is 5.60 Å². The number of halogens is 2. The van der Waals surface area contributed by atoms with Crippen LogP contribution in [0.5, 0.6) is 0 Å². The highest BCUT2D eigenvalue weighted by Gasteiger charge is 2.23. The summed E-state index contributed by atoms with van der Waals surface area (Å²) in [5, 5.41) is 11.2. The van der Waals surface area contributed by atoms with Gasteiger partial charge in [0.15, 0.2) is 0 Å². The van der Waals surface area contributed by atoms with Crippen molar-refractivity contribution in [1.82, 2.24) is 0 Å². The summed E-state index contributed by atoms with van der Waals surface area (Å²) >= 11 is 8.13. The molecule has 1 nitrogen and oxygen atoms in total. The summed E-state index contributed by atoms with van der Waals surface area (Å²) in [6.07, 6.45) is 0.589. The van der Waals surface area contributed by atoms with E-state index in [1.807, 2.05) is 43.3 Å². The Balaban J connectivity index is 2.20. The Kier molecular flexibility index (Phi) is 4.30. The van der Waals surface area contributed by atoms with E-state index in [4.69, 9.17) is 11.6 Å². The first-order valence-electron chi connectivity index (χ1n) is 5.70. The molecule has 0 saturated heterocycles. The molecular formula is C15H14ClIO. The molecule has 0 heterocycles. The quantitative estimate of drug-likeness (QED) is 0.792. The van der Waals surface area contributed by atoms with Gasteiger partial charge in [-0.15, -0.1) is 0 Å². The predicted molar refractivity (Wildman–Crippen MR) is 83.9 cm³/mol. The fourth-order valence-electron chi connectivity index (χ4n) is 1.91. The molecule has 2 rings (SSSR count). The Labute approximate surface area is 126 Å². The average Bonchev–Trinajstić information content (AvgIpc) is 2.32. The third-order valence-corrected chi connectivity index (χ3v) is 3.90. The Morgan fingerprint density at radius 2 is 1.61 bits per heavy atom. The summed E-state index contributed by atoms with van der Waals surface area (Å²) in [5.41, 5.74) is 1.12. The average molecular weight is 373 g/mol. The van der Waals surface area contributed by atoms with Crippen molar-refractivity contribution in [2.24, 2.45) is 0 Å². The molecule has 0 aliphatic heterocycles. The number of aliphatic hydroxyl groups is 1. The zero-order valence-corrected chi connectivity index (χ0v) is 12.9. The molecule has 1 N–H and O–H groups in total. The maximum absolute atomic E-state index is 10.6. The first-order chi connectivity index (χ1) is 8.47. The second kappa shape index (κ2) is 5.59. The molecule has 0 aliphatic carbocycles. The molecule has 0 fully saturated rings. The zero-order valence-electron chi connectivity index (χ0n) is 10.0. The molecule has 18 heavy (non-hydrogen) atoms. The third-order valence-electron chi connectivity index (χ3n) is 2.93. The second-order valence-corrected chi connectivity index (χ2v) is 6.27. The summed E-state index contributed by atoms with van der Waals surface area (Å²) in [7, 11) is 0. The second-order valence-electron chi connectivity index (χ2n) is 4.58. The summed E-state index contributed by atoms with van der Waals surface area (Å²) in [5.74, 6) is 0. The maximum atomic E-state index is 10.6. The third kappa shape index (κ3) is 3.46. The van der Waals surface area contributed by atoms with Crippen LogP contribution >= 0.6 is 34.2 Å². The lowest BCUT2D eigenvalue weighted by Crippen LogP contribution is -2.24. The van der Waals surface area contributed by atoms with Crippen molar-refractivity contribution in [2.75, 3.05) is 0 Å². The highest BCUT2D eigenvalue weighted by molar-refractivity contribution is 14.1. The smallest absolute Gasteiger partial charge is 0.0908 e. The number of hydrogen-bond acceptors (Lipinski definition) is 1. The Morgan fingerprint density at radius 3 is 2.17 bits per heavy atom. The predicted octanol–water partition coefficient (Wildman–Crippen LogP) is 4.39. The molecule has 0 aliphatic rings. The normalized spacial score (nSPS) is 14.2. The van der Waals surface area contributed by atoms with Crippen LogP contribution in [0.25, 0.3) is 0 Å². The first kappa shape index (κ1) is 13.8. The van der Waals surface area contributed by atoms with Crippen LogP contribution in [0.4, 0.5) is 0 Å².